The first kappa shape index (κ1) is 35.1. The number of aryl methyl sites for hydroxylation is 2. The number of nitrogens with zero attached hydrogens (tertiary/aromatic N) is 2. The molecule has 4 aromatic carbocycles. The number of ether oxygens (including phenoxy) is 2. The van der Waals surface area contributed by atoms with E-state index in [4.69, 9.17) is 9.47 Å². The van der Waals surface area contributed by atoms with Crippen LogP contribution in [0.4, 0.5) is 9.59 Å². The lowest BCUT2D eigenvalue weighted by Gasteiger charge is -2.14. The van der Waals surface area contributed by atoms with Gasteiger partial charge in [-0.25, -0.2) is 19.6 Å². The van der Waals surface area contributed by atoms with Gasteiger partial charge in [0.15, 0.2) is 0 Å². The number of benzene rings is 4. The van der Waals surface area contributed by atoms with Crippen molar-refractivity contribution in [2.75, 3.05) is 0 Å². The van der Waals surface area contributed by atoms with Gasteiger partial charge in [0, 0.05) is 0 Å². The fourth-order valence-electron chi connectivity index (χ4n) is 5.68. The molecule has 2 heterocycles. The predicted molar refractivity (Wildman–Crippen MR) is 189 cm³/mol. The Labute approximate surface area is 297 Å². The maximum absolute atomic E-state index is 12.5. The van der Waals surface area contributed by atoms with E-state index in [0.717, 1.165) is 22.3 Å². The van der Waals surface area contributed by atoms with Gasteiger partial charge in [-0.1, -0.05) is 72.8 Å². The van der Waals surface area contributed by atoms with Crippen LogP contribution in [0.5, 0.6) is 0 Å². The number of fused-ring (bicyclic) bond motifs is 2. The molecule has 0 bridgehead atoms. The molecule has 0 aliphatic rings. The van der Waals surface area contributed by atoms with Crippen LogP contribution in [-0.4, -0.2) is 54.3 Å². The van der Waals surface area contributed by atoms with Gasteiger partial charge in [0.05, 0.1) is 34.9 Å². The van der Waals surface area contributed by atoms with E-state index >= 15 is 0 Å². The number of rotatable bonds is 15. The maximum Gasteiger partial charge on any atom is 0.408 e. The summed E-state index contributed by atoms with van der Waals surface area (Å²) in [6.45, 7) is 0.0811. The molecule has 0 unspecified atom stereocenters. The van der Waals surface area contributed by atoms with E-state index < -0.39 is 49.1 Å². The molecule has 0 fully saturated rings. The topological polar surface area (TPSA) is 209 Å². The number of imidazole rings is 2. The van der Waals surface area contributed by atoms with Gasteiger partial charge in [0.1, 0.15) is 36.9 Å². The van der Waals surface area contributed by atoms with E-state index in [2.05, 4.69) is 30.6 Å². The Morgan fingerprint density at radius 1 is 0.577 bits per heavy atom. The Hall–Kier alpha value is -6.70. The number of carboxylic acids is 2. The van der Waals surface area contributed by atoms with Gasteiger partial charge in [-0.05, 0) is 59.4 Å². The quantitative estimate of drug-likeness (QED) is 0.0723. The highest BCUT2D eigenvalue weighted by molar-refractivity contribution is 5.78. The number of carbonyl (C=O) groups is 4. The number of amides is 2. The number of nitrogens with one attached hydrogen (secondary N) is 4. The molecule has 266 valence electrons. The highest BCUT2D eigenvalue weighted by Crippen LogP contribution is 2.23. The zero-order chi connectivity index (χ0) is 36.5. The van der Waals surface area contributed by atoms with Crippen LogP contribution in [0, 0.1) is 0 Å². The second-order valence-electron chi connectivity index (χ2n) is 12.2. The fraction of sp³-hybridized carbons (Fsp3) is 0.211. The Morgan fingerprint density at radius 3 is 1.37 bits per heavy atom. The van der Waals surface area contributed by atoms with E-state index in [1.54, 1.807) is 0 Å². The highest BCUT2D eigenvalue weighted by Gasteiger charge is 2.24. The minimum Gasteiger partial charge on any atom is -0.481 e. The van der Waals surface area contributed by atoms with Crippen molar-refractivity contribution in [1.29, 1.82) is 0 Å². The zero-order valence-corrected chi connectivity index (χ0v) is 27.9. The average Bonchev–Trinajstić information content (AvgIpc) is 3.76. The summed E-state index contributed by atoms with van der Waals surface area (Å²) in [5.41, 5.74) is 6.21. The minimum absolute atomic E-state index is 0.0406. The molecule has 2 aromatic heterocycles. The molecule has 14 nitrogen and oxygen atoms in total. The summed E-state index contributed by atoms with van der Waals surface area (Å²) < 4.78 is 10.6. The number of carboxylic acid groups (broad SMARTS) is 2. The Bertz CT molecular complexity index is 2030. The molecular weight excluding hydrogens is 668 g/mol. The largest absolute Gasteiger partial charge is 0.481 e. The molecular formula is C38H36N6O8. The van der Waals surface area contributed by atoms with E-state index in [9.17, 15) is 29.4 Å². The molecule has 6 rings (SSSR count). The van der Waals surface area contributed by atoms with Gasteiger partial charge in [-0.3, -0.25) is 9.59 Å². The van der Waals surface area contributed by atoms with Crippen LogP contribution in [-0.2, 0) is 45.1 Å². The van der Waals surface area contributed by atoms with Crippen molar-refractivity contribution in [3.8, 4) is 0 Å². The third kappa shape index (κ3) is 9.50. The van der Waals surface area contributed by atoms with Crippen molar-refractivity contribution in [2.24, 2.45) is 0 Å². The van der Waals surface area contributed by atoms with Gasteiger partial charge in [0.2, 0.25) is 0 Å². The van der Waals surface area contributed by atoms with Crippen molar-refractivity contribution in [3.05, 3.63) is 131 Å². The van der Waals surface area contributed by atoms with Crippen molar-refractivity contribution in [3.63, 3.8) is 0 Å². The first-order valence-corrected chi connectivity index (χ1v) is 16.5. The minimum atomic E-state index is -1.11. The van der Waals surface area contributed by atoms with Crippen molar-refractivity contribution in [2.45, 2.75) is 51.0 Å². The van der Waals surface area contributed by atoms with E-state index in [0.29, 0.717) is 46.6 Å². The highest BCUT2D eigenvalue weighted by atomic mass is 16.6. The number of aromatic amines is 2. The number of aliphatic carboxylic acids is 2. The SMILES string of the molecule is O=C(O)C[C@H](NC(=O)OCc1ccccc1)c1nc2ccc(CCc3ccc4nc([C@H](CC(=O)O)NC(=O)OCc5ccccc5)[nH]c4c3)cc2[nH]1. The second-order valence-corrected chi connectivity index (χ2v) is 12.2. The first-order valence-electron chi connectivity index (χ1n) is 16.5. The Morgan fingerprint density at radius 2 is 0.981 bits per heavy atom. The smallest absolute Gasteiger partial charge is 0.408 e. The number of hydrogen-bond acceptors (Lipinski definition) is 8. The van der Waals surface area contributed by atoms with Crippen molar-refractivity contribution >= 4 is 46.2 Å². The lowest BCUT2D eigenvalue weighted by Crippen LogP contribution is -2.31. The molecule has 0 aliphatic carbocycles. The summed E-state index contributed by atoms with van der Waals surface area (Å²) in [7, 11) is 0. The maximum atomic E-state index is 12.5. The van der Waals surface area contributed by atoms with Crippen LogP contribution < -0.4 is 10.6 Å². The molecule has 6 aromatic rings. The van der Waals surface area contributed by atoms with Crippen LogP contribution in [0.1, 0.15) is 58.8 Å². The number of aromatic nitrogens is 4. The van der Waals surface area contributed by atoms with E-state index in [1.807, 2.05) is 97.1 Å². The summed E-state index contributed by atoms with van der Waals surface area (Å²) in [5.74, 6) is -1.62. The fourth-order valence-corrected chi connectivity index (χ4v) is 5.68. The van der Waals surface area contributed by atoms with Crippen LogP contribution in [0.3, 0.4) is 0 Å². The third-order valence-corrected chi connectivity index (χ3v) is 8.26. The zero-order valence-electron chi connectivity index (χ0n) is 27.9. The Balaban J connectivity index is 1.09. The summed E-state index contributed by atoms with van der Waals surface area (Å²) in [6.07, 6.45) is -0.974. The van der Waals surface area contributed by atoms with Crippen LogP contribution >= 0.6 is 0 Å². The molecule has 0 saturated heterocycles. The number of H-pyrrole nitrogens is 2. The Kier molecular flexibility index (Phi) is 11.0. The second kappa shape index (κ2) is 16.3. The van der Waals surface area contributed by atoms with Crippen LogP contribution in [0.2, 0.25) is 0 Å². The average molecular weight is 705 g/mol. The van der Waals surface area contributed by atoms with Crippen LogP contribution in [0.25, 0.3) is 22.1 Å². The first-order chi connectivity index (χ1) is 25.2. The van der Waals surface area contributed by atoms with Gasteiger partial charge in [-0.15, -0.1) is 0 Å². The van der Waals surface area contributed by atoms with Crippen molar-refractivity contribution in [1.82, 2.24) is 30.6 Å². The van der Waals surface area contributed by atoms with Crippen molar-refractivity contribution < 1.29 is 38.9 Å². The third-order valence-electron chi connectivity index (χ3n) is 8.26. The van der Waals surface area contributed by atoms with E-state index in [-0.39, 0.29) is 13.2 Å². The summed E-state index contributed by atoms with van der Waals surface area (Å²) in [5, 5.41) is 24.2. The molecule has 0 aliphatic heterocycles. The van der Waals surface area contributed by atoms with Crippen LogP contribution in [0.15, 0.2) is 97.1 Å². The molecule has 0 radical (unpaired) electrons. The van der Waals surface area contributed by atoms with Gasteiger partial charge in [-0.2, -0.15) is 0 Å². The lowest BCUT2D eigenvalue weighted by molar-refractivity contribution is -0.138. The molecule has 0 saturated carbocycles. The number of alkyl carbamates (subject to hydrolysis) is 2. The molecule has 14 heteroatoms. The standard InChI is InChI=1S/C38H36N6O8/c45-33(46)19-31(43-37(49)51-21-25-7-3-1-4-8-25)35-39-27-15-13-23(17-29(27)41-35)11-12-24-14-16-28-30(18-24)42-36(40-28)32(20-34(47)48)44-38(50)52-22-26-9-5-2-6-10-26/h1-10,13-18,31-32H,11-12,19-22H2,(H,39,41)(H,40,42)(H,43,49)(H,44,50)(H,45,46)(H,47,48)/t31-,32-/m0/s1. The predicted octanol–water partition coefficient (Wildman–Crippen LogP) is 6.11. The van der Waals surface area contributed by atoms with Gasteiger partial charge >= 0.3 is 24.1 Å². The summed E-state index contributed by atoms with van der Waals surface area (Å²) in [4.78, 5) is 63.7. The summed E-state index contributed by atoms with van der Waals surface area (Å²) >= 11 is 0. The van der Waals surface area contributed by atoms with Gasteiger partial charge < -0.3 is 40.3 Å². The monoisotopic (exact) mass is 704 g/mol. The summed E-state index contributed by atoms with van der Waals surface area (Å²) in [6, 6.07) is 27.8. The normalized spacial score (nSPS) is 12.2. The number of hydrogen-bond donors (Lipinski definition) is 6. The molecule has 0 spiro atoms. The molecule has 52 heavy (non-hydrogen) atoms. The lowest BCUT2D eigenvalue weighted by atomic mass is 10.0. The molecule has 2 atom stereocenters. The van der Waals surface area contributed by atoms with E-state index in [1.165, 1.54) is 0 Å². The number of carbonyl (C=O) groups excluding carboxylic acids is 2. The molecule has 6 N–H and O–H groups in total. The molecule has 2 amide bonds. The van der Waals surface area contributed by atoms with Gasteiger partial charge in [0.25, 0.3) is 0 Å².